The number of aromatic nitrogens is 2. The van der Waals surface area contributed by atoms with Crippen LogP contribution in [0.2, 0.25) is 0 Å². The number of carbonyl (C=O) groups is 4. The predicted molar refractivity (Wildman–Crippen MR) is 268 cm³/mol. The van der Waals surface area contributed by atoms with Crippen LogP contribution in [0, 0.1) is 40.8 Å². The van der Waals surface area contributed by atoms with E-state index in [0.29, 0.717) is 40.1 Å². The number of benzene rings is 3. The van der Waals surface area contributed by atoms with E-state index in [0.717, 1.165) is 66.9 Å². The standard InChI is InChI=1S/C50H60F3IN8O7S/c1-29(2)43(41-23-30(3)60-69-41)48(66)62-27-35(63)26-50(62,49(55)67)37(32-11-13-33(14-12-32)46-31(4)58-28-70-46)25-42(64)57-21-9-7-5-6-8-19-56-20-10-22-68-61-47(65)36-16-17-38(51)44(53)45(36)59-40-18-15-34(54)24-39(40)52/h11-18,23-24,28-29,35,37,43,56,59,63H,5-10,19-22,25-27H2,1-4H3,(H2,55,67)(H,57,64)(H,61,65)/t35?,37-,43+,50?/m0/s1. The Hall–Kier alpha value is -5.42. The molecule has 4 amide bonds. The van der Waals surface area contributed by atoms with Gasteiger partial charge in [0.2, 0.25) is 17.7 Å². The second-order valence-corrected chi connectivity index (χ2v) is 20.0. The van der Waals surface area contributed by atoms with E-state index in [1.54, 1.807) is 24.6 Å². The van der Waals surface area contributed by atoms with Crippen LogP contribution in [0.3, 0.4) is 0 Å². The first kappa shape index (κ1) is 53.9. The fraction of sp³-hybridized carbons (Fsp3) is 0.440. The van der Waals surface area contributed by atoms with Crippen molar-refractivity contribution in [3.63, 3.8) is 0 Å². The van der Waals surface area contributed by atoms with Crippen LogP contribution < -0.4 is 27.2 Å². The van der Waals surface area contributed by atoms with Gasteiger partial charge in [-0.15, -0.1) is 11.3 Å². The summed E-state index contributed by atoms with van der Waals surface area (Å²) < 4.78 is 49.4. The van der Waals surface area contributed by atoms with E-state index in [-0.39, 0.29) is 49.1 Å². The number of aryl methyl sites for hydroxylation is 2. The molecule has 2 unspecified atom stereocenters. The molecule has 1 saturated heterocycles. The highest BCUT2D eigenvalue weighted by molar-refractivity contribution is 14.1. The fourth-order valence-corrected chi connectivity index (χ4v) is 10.2. The Morgan fingerprint density at radius 3 is 2.33 bits per heavy atom. The third-order valence-corrected chi connectivity index (χ3v) is 14.1. The van der Waals surface area contributed by atoms with Crippen molar-refractivity contribution in [1.82, 2.24) is 31.2 Å². The molecular weight excluding hydrogens is 1040 g/mol. The Bertz CT molecular complexity index is 2600. The van der Waals surface area contributed by atoms with Crippen molar-refractivity contribution >= 4 is 68.9 Å². The van der Waals surface area contributed by atoms with Crippen molar-refractivity contribution in [1.29, 1.82) is 0 Å². The number of rotatable bonds is 25. The van der Waals surface area contributed by atoms with E-state index in [9.17, 15) is 37.5 Å². The fourth-order valence-electron chi connectivity index (χ4n) is 8.92. The first-order valence-corrected chi connectivity index (χ1v) is 25.3. The summed E-state index contributed by atoms with van der Waals surface area (Å²) in [5.41, 5.74) is 10.7. The summed E-state index contributed by atoms with van der Waals surface area (Å²) in [5.74, 6) is -7.27. The lowest BCUT2D eigenvalue weighted by Crippen LogP contribution is -2.61. The third kappa shape index (κ3) is 13.3. The lowest BCUT2D eigenvalue weighted by atomic mass is 9.73. The van der Waals surface area contributed by atoms with Crippen molar-refractivity contribution in [2.45, 2.75) is 103 Å². The number of primary amides is 1. The number of aliphatic hydroxyl groups is 1. The van der Waals surface area contributed by atoms with Crippen LogP contribution in [0.25, 0.3) is 10.4 Å². The number of hydrogen-bond acceptors (Lipinski definition) is 12. The highest BCUT2D eigenvalue weighted by Crippen LogP contribution is 2.46. The maximum atomic E-state index is 14.7. The summed E-state index contributed by atoms with van der Waals surface area (Å²) >= 11 is 3.42. The van der Waals surface area contributed by atoms with Crippen molar-refractivity contribution < 1.29 is 46.8 Å². The number of hydrogen-bond donors (Lipinski definition) is 6. The number of halogens is 4. The van der Waals surface area contributed by atoms with E-state index >= 15 is 0 Å². The van der Waals surface area contributed by atoms with Crippen LogP contribution >= 0.6 is 33.9 Å². The Morgan fingerprint density at radius 2 is 1.67 bits per heavy atom. The number of nitrogens with two attached hydrogens (primary N) is 1. The van der Waals surface area contributed by atoms with E-state index in [1.807, 2.05) is 67.6 Å². The number of thiazole rings is 1. The van der Waals surface area contributed by atoms with Crippen LogP contribution in [-0.4, -0.2) is 88.2 Å². The second-order valence-electron chi connectivity index (χ2n) is 17.9. The topological polar surface area (TPSA) is 214 Å². The molecule has 0 saturated carbocycles. The normalized spacial score (nSPS) is 16.6. The minimum absolute atomic E-state index is 0.125. The maximum Gasteiger partial charge on any atom is 0.277 e. The van der Waals surface area contributed by atoms with Gasteiger partial charge in [-0.1, -0.05) is 62.5 Å². The molecule has 1 fully saturated rings. The molecule has 2 aromatic heterocycles. The molecular formula is C50H60F3IN8O7S. The maximum absolute atomic E-state index is 14.7. The predicted octanol–water partition coefficient (Wildman–Crippen LogP) is 8.32. The molecule has 20 heteroatoms. The van der Waals surface area contributed by atoms with Gasteiger partial charge in [0, 0.05) is 41.5 Å². The van der Waals surface area contributed by atoms with Gasteiger partial charge >= 0.3 is 0 Å². The lowest BCUT2D eigenvalue weighted by Gasteiger charge is -2.43. The second kappa shape index (κ2) is 25.1. The van der Waals surface area contributed by atoms with Crippen LogP contribution in [0.5, 0.6) is 0 Å². The zero-order valence-corrected chi connectivity index (χ0v) is 42.6. The van der Waals surface area contributed by atoms with Crippen LogP contribution in [0.15, 0.2) is 70.7 Å². The van der Waals surface area contributed by atoms with Gasteiger partial charge < -0.3 is 36.2 Å². The number of hydroxylamine groups is 1. The highest BCUT2D eigenvalue weighted by Gasteiger charge is 2.58. The minimum Gasteiger partial charge on any atom is -0.391 e. The minimum atomic E-state index is -1.74. The first-order valence-electron chi connectivity index (χ1n) is 23.3. The van der Waals surface area contributed by atoms with Crippen LogP contribution in [0.4, 0.5) is 24.5 Å². The zero-order valence-electron chi connectivity index (χ0n) is 39.6. The third-order valence-electron chi connectivity index (χ3n) is 12.4. The van der Waals surface area contributed by atoms with Gasteiger partial charge in [0.1, 0.15) is 23.0 Å². The van der Waals surface area contributed by atoms with Gasteiger partial charge in [-0.3, -0.25) is 24.0 Å². The smallest absolute Gasteiger partial charge is 0.277 e. The summed E-state index contributed by atoms with van der Waals surface area (Å²) in [6.45, 7) is 9.15. The number of amides is 4. The molecule has 6 rings (SSSR count). The molecule has 0 aliphatic carbocycles. The molecule has 5 aromatic rings. The Morgan fingerprint density at radius 1 is 0.957 bits per heavy atom. The molecule has 1 aliphatic heterocycles. The molecule has 4 atom stereocenters. The molecule has 7 N–H and O–H groups in total. The molecule has 3 aromatic carbocycles. The summed E-state index contributed by atoms with van der Waals surface area (Å²) in [6.07, 6.45) is 3.52. The number of nitrogens with zero attached hydrogens (tertiary/aromatic N) is 3. The van der Waals surface area contributed by atoms with E-state index < -0.39 is 64.3 Å². The molecule has 15 nitrogen and oxygen atoms in total. The highest BCUT2D eigenvalue weighted by atomic mass is 127. The van der Waals surface area contributed by atoms with E-state index in [1.165, 1.54) is 28.4 Å². The Balaban J connectivity index is 0.956. The van der Waals surface area contributed by atoms with Gasteiger partial charge in [0.15, 0.2) is 11.6 Å². The van der Waals surface area contributed by atoms with Gasteiger partial charge in [0.05, 0.1) is 51.4 Å². The van der Waals surface area contributed by atoms with Gasteiger partial charge in [0.25, 0.3) is 5.91 Å². The van der Waals surface area contributed by atoms with Crippen molar-refractivity contribution in [2.75, 3.05) is 38.1 Å². The zero-order chi connectivity index (χ0) is 50.5. The molecule has 3 heterocycles. The van der Waals surface area contributed by atoms with Crippen LogP contribution in [-0.2, 0) is 19.2 Å². The summed E-state index contributed by atoms with van der Waals surface area (Å²) in [5, 5.41) is 24.0. The molecule has 0 spiro atoms. The number of aliphatic hydroxyl groups excluding tert-OH is 1. The SMILES string of the molecule is Cc1cc([C@H](C(=O)N2CC(O)CC2(C(N)=O)[C@@H](CC(=O)NCCCCCCCNCCCONC(=O)c2ccc(F)c(F)c2Nc2ccc(I)cc2F)c2ccc(-c3scnc3C)cc2)C(C)C)on1. The molecule has 0 bridgehead atoms. The number of anilines is 2. The molecule has 376 valence electrons. The van der Waals surface area contributed by atoms with Crippen molar-refractivity contribution in [2.24, 2.45) is 11.7 Å². The number of β-amino-alcohol motifs (C(OH)–C–C–N with tert-alkyl or cyclic N) is 1. The monoisotopic (exact) mass is 1100 g/mol. The Kier molecular flexibility index (Phi) is 19.3. The van der Waals surface area contributed by atoms with Crippen molar-refractivity contribution in [3.8, 4) is 10.4 Å². The quantitative estimate of drug-likeness (QED) is 0.0186. The van der Waals surface area contributed by atoms with Crippen LogP contribution in [0.1, 0.15) is 110 Å². The average molecular weight is 1100 g/mol. The molecule has 70 heavy (non-hydrogen) atoms. The van der Waals surface area contributed by atoms with E-state index in [4.69, 9.17) is 15.1 Å². The largest absolute Gasteiger partial charge is 0.391 e. The molecule has 1 aliphatic rings. The van der Waals surface area contributed by atoms with Gasteiger partial charge in [-0.2, -0.15) is 0 Å². The van der Waals surface area contributed by atoms with E-state index in [2.05, 4.69) is 31.6 Å². The Labute approximate surface area is 423 Å². The number of unbranched alkanes of at least 4 members (excludes halogenated alkanes) is 4. The average Bonchev–Trinajstić information content (AvgIpc) is 4.05. The van der Waals surface area contributed by atoms with Gasteiger partial charge in [-0.05, 0) is 116 Å². The van der Waals surface area contributed by atoms with Gasteiger partial charge in [-0.25, -0.2) is 23.6 Å². The summed E-state index contributed by atoms with van der Waals surface area (Å²) in [7, 11) is 0. The summed E-state index contributed by atoms with van der Waals surface area (Å²) in [4.78, 5) is 67.2. The number of carbonyl (C=O) groups excluding carboxylic acids is 4. The summed E-state index contributed by atoms with van der Waals surface area (Å²) in [6, 6.07) is 15.2. The number of nitrogens with one attached hydrogen (secondary N) is 4. The molecule has 0 radical (unpaired) electrons. The lowest BCUT2D eigenvalue weighted by molar-refractivity contribution is -0.148. The number of likely N-dealkylation sites (tertiary alicyclic amines) is 1. The first-order chi connectivity index (χ1) is 33.5. The van der Waals surface area contributed by atoms with Crippen molar-refractivity contribution in [3.05, 3.63) is 115 Å².